The molecule has 2 amide bonds. The Kier molecular flexibility index (Phi) is 4.71. The third-order valence-electron chi connectivity index (χ3n) is 2.89. The van der Waals surface area contributed by atoms with E-state index >= 15 is 0 Å². The Morgan fingerprint density at radius 3 is 2.57 bits per heavy atom. The van der Waals surface area contributed by atoms with Gasteiger partial charge in [-0.05, 0) is 19.4 Å². The number of benzene rings is 1. The van der Waals surface area contributed by atoms with E-state index in [1.165, 1.54) is 0 Å². The second-order valence-electron chi connectivity index (χ2n) is 4.75. The van der Waals surface area contributed by atoms with Gasteiger partial charge in [0.1, 0.15) is 12.2 Å². The Bertz CT molecular complexity index is 622. The summed E-state index contributed by atoms with van der Waals surface area (Å²) < 4.78 is 4.83. The molecular formula is C15H17N3O3. The van der Waals surface area contributed by atoms with Crippen LogP contribution in [0.4, 0.5) is 5.82 Å². The minimum atomic E-state index is -0.430. The molecular weight excluding hydrogens is 270 g/mol. The zero-order chi connectivity index (χ0) is 15.2. The van der Waals surface area contributed by atoms with Crippen molar-refractivity contribution in [2.75, 3.05) is 5.32 Å². The smallest absolute Gasteiger partial charge is 0.235 e. The maximum absolute atomic E-state index is 11.8. The lowest BCUT2D eigenvalue weighted by molar-refractivity contribution is -0.127. The maximum Gasteiger partial charge on any atom is 0.235 e. The van der Waals surface area contributed by atoms with Gasteiger partial charge in [-0.25, -0.2) is 0 Å². The van der Waals surface area contributed by atoms with E-state index in [-0.39, 0.29) is 18.4 Å². The molecule has 2 aromatic rings. The van der Waals surface area contributed by atoms with E-state index in [4.69, 9.17) is 4.52 Å². The van der Waals surface area contributed by atoms with E-state index in [0.717, 1.165) is 5.56 Å². The fourth-order valence-corrected chi connectivity index (χ4v) is 1.88. The fourth-order valence-electron chi connectivity index (χ4n) is 1.88. The summed E-state index contributed by atoms with van der Waals surface area (Å²) in [6.07, 6.45) is -0.261. The van der Waals surface area contributed by atoms with Gasteiger partial charge < -0.3 is 15.2 Å². The summed E-state index contributed by atoms with van der Waals surface area (Å²) in [5, 5.41) is 8.91. The highest BCUT2D eigenvalue weighted by Gasteiger charge is 2.14. The Morgan fingerprint density at radius 2 is 1.95 bits per heavy atom. The number of hydrogen-bond acceptors (Lipinski definition) is 4. The lowest BCUT2D eigenvalue weighted by atomic mass is 10.1. The lowest BCUT2D eigenvalue weighted by Crippen LogP contribution is -2.30. The quantitative estimate of drug-likeness (QED) is 0.826. The summed E-state index contributed by atoms with van der Waals surface area (Å²) in [4.78, 5) is 23.5. The van der Waals surface area contributed by atoms with Crippen LogP contribution in [0.3, 0.4) is 0 Å². The molecule has 0 saturated carbocycles. The summed E-state index contributed by atoms with van der Waals surface area (Å²) in [5.74, 6) is 0.124. The molecule has 0 bridgehead atoms. The van der Waals surface area contributed by atoms with Gasteiger partial charge in [-0.2, -0.15) is 0 Å². The van der Waals surface area contributed by atoms with Crippen LogP contribution in [0.5, 0.6) is 0 Å². The van der Waals surface area contributed by atoms with Gasteiger partial charge in [0.05, 0.1) is 6.04 Å². The molecule has 1 aromatic heterocycles. The highest BCUT2D eigenvalue weighted by molar-refractivity contribution is 6.03. The number of aryl methyl sites for hydroxylation is 1. The standard InChI is InChI=1S/C15H17N3O3/c1-10-8-13(18-21-10)17-15(20)9-14(19)16-11(2)12-6-4-3-5-7-12/h3-8,11H,9H2,1-2H3,(H,16,19)(H,17,18,20). The largest absolute Gasteiger partial charge is 0.360 e. The van der Waals surface area contributed by atoms with Crippen LogP contribution in [0.1, 0.15) is 30.7 Å². The number of nitrogens with zero attached hydrogens (tertiary/aromatic N) is 1. The summed E-state index contributed by atoms with van der Waals surface area (Å²) in [7, 11) is 0. The second-order valence-corrected chi connectivity index (χ2v) is 4.75. The average Bonchev–Trinajstić information content (AvgIpc) is 2.84. The molecule has 0 saturated heterocycles. The first-order valence-electron chi connectivity index (χ1n) is 6.62. The zero-order valence-electron chi connectivity index (χ0n) is 11.9. The highest BCUT2D eigenvalue weighted by Crippen LogP contribution is 2.11. The van der Waals surface area contributed by atoms with Crippen LogP contribution in [-0.2, 0) is 9.59 Å². The topological polar surface area (TPSA) is 84.2 Å². The third-order valence-corrected chi connectivity index (χ3v) is 2.89. The van der Waals surface area contributed by atoms with E-state index in [2.05, 4.69) is 15.8 Å². The number of rotatable bonds is 5. The van der Waals surface area contributed by atoms with Gasteiger partial charge in [0.25, 0.3) is 0 Å². The molecule has 1 aromatic carbocycles. The molecule has 0 radical (unpaired) electrons. The molecule has 0 aliphatic rings. The summed E-state index contributed by atoms with van der Waals surface area (Å²) in [6, 6.07) is 11.0. The SMILES string of the molecule is Cc1cc(NC(=O)CC(=O)NC(C)c2ccccc2)no1. The van der Waals surface area contributed by atoms with Gasteiger partial charge in [-0.3, -0.25) is 9.59 Å². The van der Waals surface area contributed by atoms with Gasteiger partial charge in [0.15, 0.2) is 5.82 Å². The molecule has 1 heterocycles. The fraction of sp³-hybridized carbons (Fsp3) is 0.267. The Morgan fingerprint density at radius 1 is 1.24 bits per heavy atom. The van der Waals surface area contributed by atoms with Crippen LogP contribution in [0.25, 0.3) is 0 Å². The van der Waals surface area contributed by atoms with Crippen LogP contribution in [0.15, 0.2) is 40.9 Å². The van der Waals surface area contributed by atoms with E-state index < -0.39 is 5.91 Å². The van der Waals surface area contributed by atoms with Gasteiger partial charge in [0.2, 0.25) is 11.8 Å². The van der Waals surface area contributed by atoms with Crippen LogP contribution in [0.2, 0.25) is 0 Å². The summed E-state index contributed by atoms with van der Waals surface area (Å²) in [6.45, 7) is 3.59. The molecule has 0 aliphatic carbocycles. The van der Waals surface area contributed by atoms with Gasteiger partial charge in [0, 0.05) is 6.07 Å². The predicted octanol–water partition coefficient (Wildman–Crippen LogP) is 2.19. The number of carbonyl (C=O) groups excluding carboxylic acids is 2. The third kappa shape index (κ3) is 4.45. The Balaban J connectivity index is 1.82. The van der Waals surface area contributed by atoms with Crippen LogP contribution >= 0.6 is 0 Å². The van der Waals surface area contributed by atoms with E-state index in [1.807, 2.05) is 37.3 Å². The van der Waals surface area contributed by atoms with Crippen molar-refractivity contribution in [2.45, 2.75) is 26.3 Å². The van der Waals surface area contributed by atoms with Gasteiger partial charge in [-0.1, -0.05) is 35.5 Å². The molecule has 0 aliphatic heterocycles. The first-order valence-corrected chi connectivity index (χ1v) is 6.62. The van der Waals surface area contributed by atoms with Gasteiger partial charge in [-0.15, -0.1) is 0 Å². The number of anilines is 1. The highest BCUT2D eigenvalue weighted by atomic mass is 16.5. The minimum absolute atomic E-state index is 0.152. The van der Waals surface area contributed by atoms with Crippen molar-refractivity contribution >= 4 is 17.6 Å². The van der Waals surface area contributed by atoms with Crippen LogP contribution in [-0.4, -0.2) is 17.0 Å². The Labute approximate surface area is 122 Å². The van der Waals surface area contributed by atoms with E-state index in [1.54, 1.807) is 13.0 Å². The molecule has 6 nitrogen and oxygen atoms in total. The van der Waals surface area contributed by atoms with Crippen LogP contribution < -0.4 is 10.6 Å². The molecule has 6 heteroatoms. The van der Waals surface area contributed by atoms with Crippen molar-refractivity contribution in [1.82, 2.24) is 10.5 Å². The van der Waals surface area contributed by atoms with Crippen molar-refractivity contribution in [3.05, 3.63) is 47.7 Å². The Hall–Kier alpha value is -2.63. The molecule has 110 valence electrons. The molecule has 2 rings (SSSR count). The lowest BCUT2D eigenvalue weighted by Gasteiger charge is -2.13. The molecule has 1 atom stereocenters. The minimum Gasteiger partial charge on any atom is -0.360 e. The van der Waals surface area contributed by atoms with E-state index in [9.17, 15) is 9.59 Å². The predicted molar refractivity (Wildman–Crippen MR) is 77.5 cm³/mol. The normalized spacial score (nSPS) is 11.7. The molecule has 2 N–H and O–H groups in total. The summed E-state index contributed by atoms with van der Waals surface area (Å²) in [5.41, 5.74) is 0.985. The van der Waals surface area contributed by atoms with E-state index in [0.29, 0.717) is 11.6 Å². The van der Waals surface area contributed by atoms with Crippen molar-refractivity contribution in [3.63, 3.8) is 0 Å². The van der Waals surface area contributed by atoms with Crippen molar-refractivity contribution in [2.24, 2.45) is 0 Å². The van der Waals surface area contributed by atoms with Crippen LogP contribution in [0, 0.1) is 6.92 Å². The molecule has 21 heavy (non-hydrogen) atoms. The van der Waals surface area contributed by atoms with Crippen molar-refractivity contribution in [1.29, 1.82) is 0 Å². The molecule has 0 spiro atoms. The second kappa shape index (κ2) is 6.69. The van der Waals surface area contributed by atoms with Gasteiger partial charge >= 0.3 is 0 Å². The average molecular weight is 287 g/mol. The number of amides is 2. The zero-order valence-corrected chi connectivity index (χ0v) is 11.9. The molecule has 0 fully saturated rings. The van der Waals surface area contributed by atoms with Crippen molar-refractivity contribution < 1.29 is 14.1 Å². The van der Waals surface area contributed by atoms with Crippen molar-refractivity contribution in [3.8, 4) is 0 Å². The maximum atomic E-state index is 11.8. The number of nitrogens with one attached hydrogen (secondary N) is 2. The number of hydrogen-bond donors (Lipinski definition) is 2. The molecule has 1 unspecified atom stereocenters. The number of aromatic nitrogens is 1. The first kappa shape index (κ1) is 14.8. The first-order chi connectivity index (χ1) is 10.0. The number of carbonyl (C=O) groups is 2. The monoisotopic (exact) mass is 287 g/mol. The summed E-state index contributed by atoms with van der Waals surface area (Å²) >= 11 is 0.